The van der Waals surface area contributed by atoms with Gasteiger partial charge in [-0.3, -0.25) is 4.68 Å². The Balaban J connectivity index is 2.05. The first-order chi connectivity index (χ1) is 9.47. The summed E-state index contributed by atoms with van der Waals surface area (Å²) >= 11 is 1.80. The van der Waals surface area contributed by atoms with Gasteiger partial charge in [0.2, 0.25) is 0 Å². The van der Waals surface area contributed by atoms with Gasteiger partial charge in [-0.15, -0.1) is 11.3 Å². The Kier molecular flexibility index (Phi) is 3.42. The van der Waals surface area contributed by atoms with Crippen LogP contribution in [0.3, 0.4) is 0 Å². The lowest BCUT2D eigenvalue weighted by Gasteiger charge is -2.17. The SMILES string of the molecule is Cc1nc(C(NC2CC2)c2c(C)nn(C)c2C)sc1C. The lowest BCUT2D eigenvalue weighted by Crippen LogP contribution is -2.25. The molecule has 2 aromatic heterocycles. The van der Waals surface area contributed by atoms with Crippen LogP contribution in [0.1, 0.15) is 51.4 Å². The molecule has 0 radical (unpaired) electrons. The van der Waals surface area contributed by atoms with Crippen molar-refractivity contribution in [3.05, 3.63) is 32.5 Å². The van der Waals surface area contributed by atoms with Crippen LogP contribution in [0, 0.1) is 27.7 Å². The van der Waals surface area contributed by atoms with Gasteiger partial charge in [0.15, 0.2) is 0 Å². The zero-order chi connectivity index (χ0) is 14.4. The van der Waals surface area contributed by atoms with Gasteiger partial charge in [0, 0.05) is 29.2 Å². The molecule has 0 amide bonds. The van der Waals surface area contributed by atoms with E-state index >= 15 is 0 Å². The number of aryl methyl sites for hydroxylation is 4. The van der Waals surface area contributed by atoms with Crippen LogP contribution in [0.4, 0.5) is 0 Å². The van der Waals surface area contributed by atoms with Gasteiger partial charge >= 0.3 is 0 Å². The summed E-state index contributed by atoms with van der Waals surface area (Å²) in [6, 6.07) is 0.831. The van der Waals surface area contributed by atoms with E-state index in [1.54, 1.807) is 11.3 Å². The summed E-state index contributed by atoms with van der Waals surface area (Å²) in [7, 11) is 2.01. The van der Waals surface area contributed by atoms with E-state index in [4.69, 9.17) is 4.98 Å². The first-order valence-corrected chi connectivity index (χ1v) is 7.99. The molecule has 5 heteroatoms. The molecule has 1 saturated carbocycles. The van der Waals surface area contributed by atoms with Gasteiger partial charge in [-0.05, 0) is 40.5 Å². The Morgan fingerprint density at radius 1 is 1.20 bits per heavy atom. The number of rotatable bonds is 4. The molecule has 1 atom stereocenters. The Hall–Kier alpha value is -1.20. The average Bonchev–Trinajstić information content (AvgIpc) is 3.09. The molecule has 2 aromatic rings. The van der Waals surface area contributed by atoms with Crippen LogP contribution < -0.4 is 5.32 Å². The maximum atomic E-state index is 4.78. The van der Waals surface area contributed by atoms with Gasteiger partial charge in [0.25, 0.3) is 0 Å². The van der Waals surface area contributed by atoms with E-state index in [1.165, 1.54) is 34.0 Å². The van der Waals surface area contributed by atoms with Crippen LogP contribution in [-0.2, 0) is 7.05 Å². The monoisotopic (exact) mass is 290 g/mol. The van der Waals surface area contributed by atoms with E-state index in [9.17, 15) is 0 Å². The first kappa shape index (κ1) is 13.8. The van der Waals surface area contributed by atoms with E-state index in [1.807, 2.05) is 11.7 Å². The fraction of sp³-hybridized carbons (Fsp3) is 0.600. The maximum Gasteiger partial charge on any atom is 0.115 e. The summed E-state index contributed by atoms with van der Waals surface area (Å²) in [5, 5.41) is 9.49. The fourth-order valence-corrected chi connectivity index (χ4v) is 3.59. The third-order valence-electron chi connectivity index (χ3n) is 4.13. The second-order valence-electron chi connectivity index (χ2n) is 5.78. The summed E-state index contributed by atoms with van der Waals surface area (Å²) in [6.07, 6.45) is 2.55. The van der Waals surface area contributed by atoms with Crippen LogP contribution in [0.25, 0.3) is 0 Å². The summed E-state index contributed by atoms with van der Waals surface area (Å²) in [4.78, 5) is 6.09. The lowest BCUT2D eigenvalue weighted by atomic mass is 10.1. The van der Waals surface area contributed by atoms with E-state index in [2.05, 4.69) is 38.1 Å². The van der Waals surface area contributed by atoms with E-state index in [0.29, 0.717) is 6.04 Å². The number of nitrogens with zero attached hydrogens (tertiary/aromatic N) is 3. The van der Waals surface area contributed by atoms with E-state index < -0.39 is 0 Å². The quantitative estimate of drug-likeness (QED) is 0.941. The first-order valence-electron chi connectivity index (χ1n) is 7.17. The molecule has 1 N–H and O–H groups in total. The summed E-state index contributed by atoms with van der Waals surface area (Å²) in [6.45, 7) is 8.47. The number of thiazole rings is 1. The largest absolute Gasteiger partial charge is 0.301 e. The van der Waals surface area contributed by atoms with Crippen molar-refractivity contribution in [1.29, 1.82) is 0 Å². The molecule has 20 heavy (non-hydrogen) atoms. The molecule has 4 nitrogen and oxygen atoms in total. The van der Waals surface area contributed by atoms with Crippen molar-refractivity contribution in [2.75, 3.05) is 0 Å². The molecule has 1 aliphatic carbocycles. The molecular formula is C15H22N4S. The average molecular weight is 290 g/mol. The van der Waals surface area contributed by atoms with Crippen molar-refractivity contribution in [3.63, 3.8) is 0 Å². The van der Waals surface area contributed by atoms with Crippen LogP contribution in [0.15, 0.2) is 0 Å². The summed E-state index contributed by atoms with van der Waals surface area (Å²) < 4.78 is 1.97. The second kappa shape index (κ2) is 4.97. The molecular weight excluding hydrogens is 268 g/mol. The molecule has 0 spiro atoms. The summed E-state index contributed by atoms with van der Waals surface area (Å²) in [5.74, 6) is 0. The van der Waals surface area contributed by atoms with Crippen molar-refractivity contribution in [3.8, 4) is 0 Å². The highest BCUT2D eigenvalue weighted by atomic mass is 32.1. The minimum absolute atomic E-state index is 0.189. The predicted molar refractivity (Wildman–Crippen MR) is 82.3 cm³/mol. The summed E-state index contributed by atoms with van der Waals surface area (Å²) in [5.41, 5.74) is 4.78. The number of nitrogens with one attached hydrogen (secondary N) is 1. The fourth-order valence-electron chi connectivity index (χ4n) is 2.59. The molecule has 0 bridgehead atoms. The number of aromatic nitrogens is 3. The molecule has 1 fully saturated rings. The molecule has 1 unspecified atom stereocenters. The van der Waals surface area contributed by atoms with Crippen LogP contribution in [0.2, 0.25) is 0 Å². The topological polar surface area (TPSA) is 42.7 Å². The van der Waals surface area contributed by atoms with E-state index in [0.717, 1.165) is 11.4 Å². The Bertz CT molecular complexity index is 617. The molecule has 0 aromatic carbocycles. The maximum absolute atomic E-state index is 4.78. The minimum Gasteiger partial charge on any atom is -0.301 e. The van der Waals surface area contributed by atoms with Crippen molar-refractivity contribution in [1.82, 2.24) is 20.1 Å². The van der Waals surface area contributed by atoms with Gasteiger partial charge in [0.05, 0.1) is 17.4 Å². The van der Waals surface area contributed by atoms with Crippen molar-refractivity contribution >= 4 is 11.3 Å². The third-order valence-corrected chi connectivity index (χ3v) is 5.26. The van der Waals surface area contributed by atoms with E-state index in [-0.39, 0.29) is 6.04 Å². The Morgan fingerprint density at radius 2 is 1.90 bits per heavy atom. The van der Waals surface area contributed by atoms with Crippen LogP contribution in [0.5, 0.6) is 0 Å². The smallest absolute Gasteiger partial charge is 0.115 e. The molecule has 3 rings (SSSR count). The third kappa shape index (κ3) is 2.40. The van der Waals surface area contributed by atoms with Crippen molar-refractivity contribution < 1.29 is 0 Å². The Labute approximate surface area is 124 Å². The number of hydrogen-bond acceptors (Lipinski definition) is 4. The molecule has 108 valence electrons. The van der Waals surface area contributed by atoms with Gasteiger partial charge in [-0.2, -0.15) is 5.10 Å². The minimum atomic E-state index is 0.189. The van der Waals surface area contributed by atoms with Gasteiger partial charge < -0.3 is 5.32 Å². The van der Waals surface area contributed by atoms with Crippen LogP contribution >= 0.6 is 11.3 Å². The van der Waals surface area contributed by atoms with Gasteiger partial charge in [-0.25, -0.2) is 4.98 Å². The lowest BCUT2D eigenvalue weighted by molar-refractivity contribution is 0.591. The normalized spacial score (nSPS) is 16.6. The highest BCUT2D eigenvalue weighted by Gasteiger charge is 2.31. The van der Waals surface area contributed by atoms with Gasteiger partial charge in [-0.1, -0.05) is 0 Å². The highest BCUT2D eigenvalue weighted by molar-refractivity contribution is 7.11. The van der Waals surface area contributed by atoms with Crippen molar-refractivity contribution in [2.45, 2.75) is 52.6 Å². The highest BCUT2D eigenvalue weighted by Crippen LogP contribution is 2.34. The predicted octanol–water partition coefficient (Wildman–Crippen LogP) is 2.95. The molecule has 2 heterocycles. The zero-order valence-electron chi connectivity index (χ0n) is 12.8. The number of hydrogen-bond donors (Lipinski definition) is 1. The molecule has 0 saturated heterocycles. The van der Waals surface area contributed by atoms with Gasteiger partial charge in [0.1, 0.15) is 5.01 Å². The zero-order valence-corrected chi connectivity index (χ0v) is 13.6. The Morgan fingerprint density at radius 3 is 2.35 bits per heavy atom. The molecule has 0 aliphatic heterocycles. The second-order valence-corrected chi connectivity index (χ2v) is 7.01. The van der Waals surface area contributed by atoms with Crippen LogP contribution in [-0.4, -0.2) is 20.8 Å². The standard InChI is InChI=1S/C15H22N4S/c1-8-11(4)20-15(16-8)14(17-12-6-7-12)13-9(2)18-19(5)10(13)3/h12,14,17H,6-7H2,1-5H3. The van der Waals surface area contributed by atoms with Crippen molar-refractivity contribution in [2.24, 2.45) is 7.05 Å². The molecule has 1 aliphatic rings.